The van der Waals surface area contributed by atoms with Gasteiger partial charge in [-0.2, -0.15) is 0 Å². The molecule has 2 N–H and O–H groups in total. The third-order valence-electron chi connectivity index (χ3n) is 3.44. The van der Waals surface area contributed by atoms with Gasteiger partial charge >= 0.3 is 12.0 Å². The summed E-state index contributed by atoms with van der Waals surface area (Å²) in [6.07, 6.45) is -0.0642. The van der Waals surface area contributed by atoms with Gasteiger partial charge in [-0.15, -0.1) is 0 Å². The van der Waals surface area contributed by atoms with Crippen LogP contribution < -0.4 is 5.32 Å². The zero-order valence-corrected chi connectivity index (χ0v) is 12.4. The molecule has 1 heterocycles. The van der Waals surface area contributed by atoms with Gasteiger partial charge in [0.1, 0.15) is 0 Å². The van der Waals surface area contributed by atoms with Crippen LogP contribution in [0.3, 0.4) is 0 Å². The van der Waals surface area contributed by atoms with E-state index in [9.17, 15) is 14.7 Å². The first kappa shape index (κ1) is 15.3. The Labute approximate surface area is 123 Å². The minimum absolute atomic E-state index is 0.0321. The first-order valence-electron chi connectivity index (χ1n) is 6.92. The van der Waals surface area contributed by atoms with Crippen molar-refractivity contribution in [1.82, 2.24) is 4.90 Å². The number of aromatic carboxylic acids is 1. The fourth-order valence-corrected chi connectivity index (χ4v) is 2.54. The number of para-hydroxylation sites is 1. The molecule has 2 amide bonds. The summed E-state index contributed by atoms with van der Waals surface area (Å²) in [5.74, 6) is -1.06. The zero-order valence-electron chi connectivity index (χ0n) is 12.4. The molecule has 6 nitrogen and oxygen atoms in total. The average Bonchev–Trinajstić information content (AvgIpc) is 2.39. The van der Waals surface area contributed by atoms with Gasteiger partial charge in [0.25, 0.3) is 0 Å². The van der Waals surface area contributed by atoms with E-state index in [1.165, 1.54) is 6.07 Å². The Balaban J connectivity index is 2.18. The number of hydrogen-bond acceptors (Lipinski definition) is 3. The second kappa shape index (κ2) is 6.13. The van der Waals surface area contributed by atoms with Crippen LogP contribution >= 0.6 is 0 Å². The van der Waals surface area contributed by atoms with E-state index in [2.05, 4.69) is 5.32 Å². The van der Waals surface area contributed by atoms with E-state index in [0.29, 0.717) is 18.8 Å². The van der Waals surface area contributed by atoms with Crippen LogP contribution in [-0.4, -0.2) is 47.3 Å². The maximum absolute atomic E-state index is 12.4. The van der Waals surface area contributed by atoms with Crippen molar-refractivity contribution in [2.75, 3.05) is 18.4 Å². The number of ether oxygens (including phenoxy) is 1. The predicted octanol–water partition coefficient (Wildman–Crippen LogP) is 2.33. The molecule has 0 unspecified atom stereocenters. The number of urea groups is 1. The van der Waals surface area contributed by atoms with E-state index in [-0.39, 0.29) is 23.8 Å². The molecule has 1 aromatic carbocycles. The maximum Gasteiger partial charge on any atom is 0.337 e. The van der Waals surface area contributed by atoms with Crippen LogP contribution in [0.4, 0.5) is 10.5 Å². The number of carbonyl (C=O) groups is 2. The SMILES string of the molecule is Cc1cccc(C(=O)O)c1NC(=O)N1C[C@@H](C)O[C@@H](C)C1. The Morgan fingerprint density at radius 1 is 1.29 bits per heavy atom. The highest BCUT2D eigenvalue weighted by atomic mass is 16.5. The number of anilines is 1. The van der Waals surface area contributed by atoms with E-state index in [0.717, 1.165) is 5.56 Å². The molecule has 21 heavy (non-hydrogen) atoms. The van der Waals surface area contributed by atoms with Crippen molar-refractivity contribution in [2.45, 2.75) is 33.0 Å². The van der Waals surface area contributed by atoms with E-state index < -0.39 is 5.97 Å². The quantitative estimate of drug-likeness (QED) is 0.877. The first-order chi connectivity index (χ1) is 9.88. The molecule has 0 bridgehead atoms. The number of nitrogens with one attached hydrogen (secondary N) is 1. The molecule has 2 atom stereocenters. The highest BCUT2D eigenvalue weighted by molar-refractivity contribution is 6.01. The molecule has 1 aliphatic heterocycles. The molecule has 0 radical (unpaired) electrons. The van der Waals surface area contributed by atoms with Gasteiger partial charge in [0.15, 0.2) is 0 Å². The van der Waals surface area contributed by atoms with Crippen molar-refractivity contribution < 1.29 is 19.4 Å². The second-order valence-corrected chi connectivity index (χ2v) is 5.40. The monoisotopic (exact) mass is 292 g/mol. The molecule has 1 saturated heterocycles. The standard InChI is InChI=1S/C15H20N2O4/c1-9-5-4-6-12(14(18)19)13(9)16-15(20)17-7-10(2)21-11(3)8-17/h4-6,10-11H,7-8H2,1-3H3,(H,16,20)(H,18,19)/t10-,11+. The van der Waals surface area contributed by atoms with Crippen LogP contribution in [0, 0.1) is 6.92 Å². The maximum atomic E-state index is 12.4. The minimum Gasteiger partial charge on any atom is -0.478 e. The highest BCUT2D eigenvalue weighted by Gasteiger charge is 2.26. The fourth-order valence-electron chi connectivity index (χ4n) is 2.54. The van der Waals surface area contributed by atoms with Gasteiger partial charge in [-0.3, -0.25) is 0 Å². The molecule has 6 heteroatoms. The van der Waals surface area contributed by atoms with Crippen molar-refractivity contribution in [2.24, 2.45) is 0 Å². The van der Waals surface area contributed by atoms with E-state index in [4.69, 9.17) is 4.74 Å². The van der Waals surface area contributed by atoms with E-state index >= 15 is 0 Å². The number of morpholine rings is 1. The van der Waals surface area contributed by atoms with Crippen LogP contribution in [-0.2, 0) is 4.74 Å². The lowest BCUT2D eigenvalue weighted by atomic mass is 10.1. The summed E-state index contributed by atoms with van der Waals surface area (Å²) in [7, 11) is 0. The smallest absolute Gasteiger partial charge is 0.337 e. The lowest BCUT2D eigenvalue weighted by Crippen LogP contribution is -2.49. The average molecular weight is 292 g/mol. The highest BCUT2D eigenvalue weighted by Crippen LogP contribution is 2.22. The number of carboxylic acids is 1. The number of carbonyl (C=O) groups excluding carboxylic acids is 1. The summed E-state index contributed by atoms with van der Waals surface area (Å²) >= 11 is 0. The molecule has 2 rings (SSSR count). The summed E-state index contributed by atoms with van der Waals surface area (Å²) in [6, 6.07) is 4.61. The van der Waals surface area contributed by atoms with Gasteiger partial charge in [-0.1, -0.05) is 12.1 Å². The van der Waals surface area contributed by atoms with Gasteiger partial charge < -0.3 is 20.1 Å². The summed E-state index contributed by atoms with van der Waals surface area (Å²) in [5.41, 5.74) is 1.16. The number of benzene rings is 1. The lowest BCUT2D eigenvalue weighted by Gasteiger charge is -2.35. The zero-order chi connectivity index (χ0) is 15.6. The lowest BCUT2D eigenvalue weighted by molar-refractivity contribution is -0.0530. The van der Waals surface area contributed by atoms with Gasteiger partial charge in [0, 0.05) is 13.1 Å². The third kappa shape index (κ3) is 3.52. The Kier molecular flexibility index (Phi) is 4.47. The van der Waals surface area contributed by atoms with Gasteiger partial charge in [-0.25, -0.2) is 9.59 Å². The number of hydrogen-bond donors (Lipinski definition) is 2. The topological polar surface area (TPSA) is 78.9 Å². The Morgan fingerprint density at radius 3 is 2.48 bits per heavy atom. The molecule has 0 spiro atoms. The van der Waals surface area contributed by atoms with Crippen molar-refractivity contribution in [3.63, 3.8) is 0 Å². The van der Waals surface area contributed by atoms with E-state index in [1.54, 1.807) is 24.0 Å². The normalized spacial score (nSPS) is 22.0. The third-order valence-corrected chi connectivity index (χ3v) is 3.44. The molecule has 0 aromatic heterocycles. The van der Waals surface area contributed by atoms with Crippen molar-refractivity contribution in [1.29, 1.82) is 0 Å². The molecule has 1 aromatic rings. The summed E-state index contributed by atoms with van der Waals surface area (Å²) < 4.78 is 5.59. The summed E-state index contributed by atoms with van der Waals surface area (Å²) in [4.78, 5) is 25.3. The van der Waals surface area contributed by atoms with E-state index in [1.807, 2.05) is 13.8 Å². The van der Waals surface area contributed by atoms with Crippen LogP contribution in [0.5, 0.6) is 0 Å². The second-order valence-electron chi connectivity index (χ2n) is 5.40. The number of nitrogens with zero attached hydrogens (tertiary/aromatic N) is 1. The number of amides is 2. The summed E-state index contributed by atoms with van der Waals surface area (Å²) in [6.45, 7) is 6.57. The van der Waals surface area contributed by atoms with Crippen molar-refractivity contribution in [3.8, 4) is 0 Å². The van der Waals surface area contributed by atoms with Gasteiger partial charge in [0.2, 0.25) is 0 Å². The van der Waals surface area contributed by atoms with Crippen molar-refractivity contribution >= 4 is 17.7 Å². The molecule has 1 aliphatic rings. The fraction of sp³-hybridized carbons (Fsp3) is 0.467. The number of aryl methyl sites for hydroxylation is 1. The van der Waals surface area contributed by atoms with Gasteiger partial charge in [0.05, 0.1) is 23.5 Å². The molecule has 1 fully saturated rings. The molecule has 0 aliphatic carbocycles. The summed E-state index contributed by atoms with van der Waals surface area (Å²) in [5, 5.41) is 11.9. The van der Waals surface area contributed by atoms with Crippen LogP contribution in [0.2, 0.25) is 0 Å². The molecule has 0 saturated carbocycles. The van der Waals surface area contributed by atoms with Crippen LogP contribution in [0.25, 0.3) is 0 Å². The Morgan fingerprint density at radius 2 is 1.90 bits per heavy atom. The Bertz CT molecular complexity index is 549. The first-order valence-corrected chi connectivity index (χ1v) is 6.92. The van der Waals surface area contributed by atoms with Crippen LogP contribution in [0.15, 0.2) is 18.2 Å². The van der Waals surface area contributed by atoms with Crippen molar-refractivity contribution in [3.05, 3.63) is 29.3 Å². The molecule has 114 valence electrons. The predicted molar refractivity (Wildman–Crippen MR) is 78.7 cm³/mol. The van der Waals surface area contributed by atoms with Crippen LogP contribution in [0.1, 0.15) is 29.8 Å². The Hall–Kier alpha value is -2.08. The minimum atomic E-state index is -1.06. The number of carboxylic acid groups (broad SMARTS) is 1. The largest absolute Gasteiger partial charge is 0.478 e. The molecular weight excluding hydrogens is 272 g/mol. The number of rotatable bonds is 2. The van der Waals surface area contributed by atoms with Gasteiger partial charge in [-0.05, 0) is 32.4 Å². The molecular formula is C15H20N2O4.